The molecule has 0 radical (unpaired) electrons. The second-order valence-corrected chi connectivity index (χ2v) is 8.80. The Morgan fingerprint density at radius 1 is 1.00 bits per heavy atom. The third-order valence-corrected chi connectivity index (χ3v) is 7.70. The largest absolute Gasteiger partial charge is 0.134 e. The standard InChI is InChI=1S/C21H18S2/c1-13-6-8-14(9-7-13)15-10-11-17-19(12-15)23-20-16-4-2-3-5-18(16)22-21(17)20/h4,6-12,18H,2-3,5H2,1H3. The van der Waals surface area contributed by atoms with Crippen molar-refractivity contribution in [3.05, 3.63) is 59.0 Å². The zero-order valence-corrected chi connectivity index (χ0v) is 14.8. The van der Waals surface area contributed by atoms with Gasteiger partial charge in [0, 0.05) is 25.1 Å². The average molecular weight is 335 g/mol. The van der Waals surface area contributed by atoms with Crippen molar-refractivity contribution in [2.45, 2.75) is 36.3 Å². The molecule has 5 rings (SSSR count). The van der Waals surface area contributed by atoms with Gasteiger partial charge in [0.25, 0.3) is 0 Å². The van der Waals surface area contributed by atoms with E-state index in [0.717, 1.165) is 5.25 Å². The fraction of sp³-hybridized carbons (Fsp3) is 0.238. The molecule has 2 aromatic carbocycles. The number of fused-ring (bicyclic) bond motifs is 5. The maximum absolute atomic E-state index is 2.49. The molecule has 3 aromatic rings. The summed E-state index contributed by atoms with van der Waals surface area (Å²) in [4.78, 5) is 3.09. The second-order valence-electron chi connectivity index (χ2n) is 6.53. The van der Waals surface area contributed by atoms with Crippen molar-refractivity contribution in [3.8, 4) is 11.1 Å². The molecule has 2 heteroatoms. The van der Waals surface area contributed by atoms with E-state index in [4.69, 9.17) is 0 Å². The summed E-state index contributed by atoms with van der Waals surface area (Å²) in [5, 5.41) is 2.19. The van der Waals surface area contributed by atoms with Crippen LogP contribution in [0, 0.1) is 6.92 Å². The Labute approximate surface area is 145 Å². The summed E-state index contributed by atoms with van der Waals surface area (Å²) in [5.74, 6) is 0. The second kappa shape index (κ2) is 5.25. The van der Waals surface area contributed by atoms with Gasteiger partial charge in [0.1, 0.15) is 0 Å². The molecule has 0 fully saturated rings. The van der Waals surface area contributed by atoms with Crippen LogP contribution in [-0.4, -0.2) is 5.25 Å². The molecule has 114 valence electrons. The highest BCUT2D eigenvalue weighted by Crippen LogP contribution is 2.55. The van der Waals surface area contributed by atoms with Gasteiger partial charge in [-0.2, -0.15) is 0 Å². The van der Waals surface area contributed by atoms with Crippen LogP contribution in [0.15, 0.2) is 53.4 Å². The molecule has 0 bridgehead atoms. The molecule has 2 heterocycles. The molecule has 0 saturated heterocycles. The van der Waals surface area contributed by atoms with Gasteiger partial charge in [-0.15, -0.1) is 23.1 Å². The quantitative estimate of drug-likeness (QED) is 0.465. The lowest BCUT2D eigenvalue weighted by Crippen LogP contribution is -2.03. The predicted molar refractivity (Wildman–Crippen MR) is 103 cm³/mol. The molecular formula is C21H18S2. The fourth-order valence-electron chi connectivity index (χ4n) is 3.66. The predicted octanol–water partition coefficient (Wildman–Crippen LogP) is 6.92. The highest BCUT2D eigenvalue weighted by atomic mass is 32.2. The van der Waals surface area contributed by atoms with Crippen molar-refractivity contribution >= 4 is 38.8 Å². The van der Waals surface area contributed by atoms with Crippen LogP contribution in [0.3, 0.4) is 0 Å². The average Bonchev–Trinajstić information content (AvgIpc) is 3.11. The molecule has 1 aromatic heterocycles. The molecule has 0 spiro atoms. The Morgan fingerprint density at radius 2 is 1.83 bits per heavy atom. The van der Waals surface area contributed by atoms with Crippen molar-refractivity contribution < 1.29 is 0 Å². The van der Waals surface area contributed by atoms with Crippen LogP contribution in [0.25, 0.3) is 26.8 Å². The lowest BCUT2D eigenvalue weighted by molar-refractivity contribution is 0.757. The van der Waals surface area contributed by atoms with Crippen LogP contribution in [0.4, 0.5) is 0 Å². The summed E-state index contributed by atoms with van der Waals surface area (Å²) < 4.78 is 1.44. The molecule has 1 aliphatic carbocycles. The summed E-state index contributed by atoms with van der Waals surface area (Å²) in [5.41, 5.74) is 5.58. The zero-order chi connectivity index (χ0) is 15.4. The van der Waals surface area contributed by atoms with E-state index in [-0.39, 0.29) is 0 Å². The third kappa shape index (κ3) is 2.20. The molecule has 0 nitrogen and oxygen atoms in total. The molecule has 1 atom stereocenters. The van der Waals surface area contributed by atoms with E-state index in [0.29, 0.717) is 0 Å². The lowest BCUT2D eigenvalue weighted by Gasteiger charge is -2.16. The molecule has 23 heavy (non-hydrogen) atoms. The normalized spacial score (nSPS) is 19.5. The van der Waals surface area contributed by atoms with Gasteiger partial charge in [0.15, 0.2) is 0 Å². The highest BCUT2D eigenvalue weighted by Gasteiger charge is 2.32. The minimum atomic E-state index is 0.728. The van der Waals surface area contributed by atoms with Gasteiger partial charge < -0.3 is 0 Å². The van der Waals surface area contributed by atoms with Crippen LogP contribution in [0.2, 0.25) is 0 Å². The van der Waals surface area contributed by atoms with Crippen LogP contribution < -0.4 is 0 Å². The van der Waals surface area contributed by atoms with Gasteiger partial charge in [-0.25, -0.2) is 0 Å². The number of benzene rings is 2. The monoisotopic (exact) mass is 334 g/mol. The minimum Gasteiger partial charge on any atom is -0.134 e. The van der Waals surface area contributed by atoms with E-state index in [9.17, 15) is 0 Å². The van der Waals surface area contributed by atoms with Crippen molar-refractivity contribution in [2.24, 2.45) is 0 Å². The van der Waals surface area contributed by atoms with E-state index in [1.165, 1.54) is 46.0 Å². The van der Waals surface area contributed by atoms with Crippen LogP contribution in [0.1, 0.15) is 29.7 Å². The smallest absolute Gasteiger partial charge is 0.0459 e. The lowest BCUT2D eigenvalue weighted by atomic mass is 9.98. The molecule has 1 unspecified atom stereocenters. The number of hydrogen-bond acceptors (Lipinski definition) is 2. The van der Waals surface area contributed by atoms with E-state index >= 15 is 0 Å². The number of allylic oxidation sites excluding steroid dienone is 1. The third-order valence-electron chi connectivity index (χ3n) is 4.93. The number of aryl methyl sites for hydroxylation is 1. The first-order valence-corrected chi connectivity index (χ1v) is 10.00. The van der Waals surface area contributed by atoms with Crippen LogP contribution in [0.5, 0.6) is 0 Å². The van der Waals surface area contributed by atoms with Gasteiger partial charge in [-0.1, -0.05) is 48.0 Å². The van der Waals surface area contributed by atoms with E-state index < -0.39 is 0 Å². The van der Waals surface area contributed by atoms with Gasteiger partial charge in [-0.05, 0) is 49.0 Å². The Kier molecular flexibility index (Phi) is 3.17. The van der Waals surface area contributed by atoms with E-state index in [1.807, 2.05) is 11.3 Å². The number of thioether (sulfide) groups is 1. The number of hydrogen-bond donors (Lipinski definition) is 0. The maximum Gasteiger partial charge on any atom is 0.0459 e. The number of rotatable bonds is 1. The number of thiophene rings is 1. The summed E-state index contributed by atoms with van der Waals surface area (Å²) in [6, 6.07) is 15.9. The molecule has 2 aliphatic rings. The molecular weight excluding hydrogens is 316 g/mol. The Morgan fingerprint density at radius 3 is 2.70 bits per heavy atom. The molecule has 0 N–H and O–H groups in total. The first-order chi connectivity index (χ1) is 11.3. The van der Waals surface area contributed by atoms with Crippen molar-refractivity contribution in [2.75, 3.05) is 0 Å². The van der Waals surface area contributed by atoms with E-state index in [2.05, 4.69) is 67.2 Å². The van der Waals surface area contributed by atoms with Crippen molar-refractivity contribution in [1.82, 2.24) is 0 Å². The first-order valence-electron chi connectivity index (χ1n) is 8.30. The van der Waals surface area contributed by atoms with E-state index in [1.54, 1.807) is 15.3 Å². The summed E-state index contributed by atoms with van der Waals surface area (Å²) in [7, 11) is 0. The summed E-state index contributed by atoms with van der Waals surface area (Å²) >= 11 is 4.10. The topological polar surface area (TPSA) is 0 Å². The Balaban J connectivity index is 1.63. The Hall–Kier alpha value is -1.51. The van der Waals surface area contributed by atoms with Crippen molar-refractivity contribution in [3.63, 3.8) is 0 Å². The zero-order valence-electron chi connectivity index (χ0n) is 13.1. The summed E-state index contributed by atoms with van der Waals surface area (Å²) in [6.07, 6.45) is 6.45. The van der Waals surface area contributed by atoms with Gasteiger partial charge in [0.05, 0.1) is 0 Å². The van der Waals surface area contributed by atoms with Gasteiger partial charge in [0.2, 0.25) is 0 Å². The maximum atomic E-state index is 2.49. The minimum absolute atomic E-state index is 0.728. The Bertz CT molecular complexity index is 928. The van der Waals surface area contributed by atoms with Gasteiger partial charge in [-0.3, -0.25) is 0 Å². The fourth-order valence-corrected chi connectivity index (χ4v) is 6.74. The first kappa shape index (κ1) is 13.9. The molecule has 0 amide bonds. The summed E-state index contributed by atoms with van der Waals surface area (Å²) in [6.45, 7) is 2.14. The van der Waals surface area contributed by atoms with Crippen molar-refractivity contribution in [1.29, 1.82) is 0 Å². The van der Waals surface area contributed by atoms with Crippen LogP contribution >= 0.6 is 23.1 Å². The molecule has 0 saturated carbocycles. The molecule has 1 aliphatic heterocycles. The van der Waals surface area contributed by atoms with Gasteiger partial charge >= 0.3 is 0 Å². The highest BCUT2D eigenvalue weighted by molar-refractivity contribution is 8.01. The van der Waals surface area contributed by atoms with Crippen LogP contribution in [-0.2, 0) is 0 Å². The SMILES string of the molecule is Cc1ccc(-c2ccc3c4c(sc3c2)C2=CCCCC2S4)cc1.